The minimum atomic E-state index is -0.873. The number of amides is 1. The van der Waals surface area contributed by atoms with Gasteiger partial charge in [-0.3, -0.25) is 4.79 Å². The number of hydrogen-bond donors (Lipinski definition) is 1. The van der Waals surface area contributed by atoms with Crippen molar-refractivity contribution in [1.82, 2.24) is 10.3 Å². The number of pyridine rings is 1. The molecule has 1 amide bonds. The number of hydrogen-bond acceptors (Lipinski definition) is 4. The fourth-order valence-corrected chi connectivity index (χ4v) is 1.36. The molecule has 0 aliphatic heterocycles. The third kappa shape index (κ3) is 5.26. The number of rotatable bonds is 3. The van der Waals surface area contributed by atoms with Gasteiger partial charge in [0.15, 0.2) is 6.10 Å². The third-order valence-corrected chi connectivity index (χ3v) is 2.34. The Balaban J connectivity index is 2.61. The highest BCUT2D eigenvalue weighted by atomic mass is 35.5. The SMILES string of the molecule is C[C@@H](OC(=O)c1ccc(Cl)nc1)C(=O)NC(C)(C)C. The van der Waals surface area contributed by atoms with Crippen LogP contribution >= 0.6 is 11.6 Å². The number of nitrogens with zero attached hydrogens (tertiary/aromatic N) is 1. The summed E-state index contributed by atoms with van der Waals surface area (Å²) in [6.07, 6.45) is 0.432. The summed E-state index contributed by atoms with van der Waals surface area (Å²) in [6, 6.07) is 2.98. The number of carbonyl (C=O) groups excluding carboxylic acids is 2. The molecule has 104 valence electrons. The average Bonchev–Trinajstić information content (AvgIpc) is 2.27. The number of carbonyl (C=O) groups is 2. The summed E-state index contributed by atoms with van der Waals surface area (Å²) in [5.74, 6) is -0.955. The summed E-state index contributed by atoms with van der Waals surface area (Å²) in [6.45, 7) is 7.07. The number of esters is 1. The summed E-state index contributed by atoms with van der Waals surface area (Å²) in [5.41, 5.74) is -0.126. The Kier molecular flexibility index (Phi) is 4.89. The van der Waals surface area contributed by atoms with E-state index in [1.165, 1.54) is 25.3 Å². The Morgan fingerprint density at radius 1 is 1.37 bits per heavy atom. The van der Waals surface area contributed by atoms with Crippen LogP contribution in [0, 0.1) is 0 Å². The van der Waals surface area contributed by atoms with Crippen molar-refractivity contribution < 1.29 is 14.3 Å². The van der Waals surface area contributed by atoms with Gasteiger partial charge in [0, 0.05) is 11.7 Å². The zero-order valence-electron chi connectivity index (χ0n) is 11.4. The Bertz CT molecular complexity index is 466. The molecule has 0 saturated heterocycles. The van der Waals surface area contributed by atoms with Crippen molar-refractivity contribution in [2.45, 2.75) is 39.3 Å². The Morgan fingerprint density at radius 3 is 2.47 bits per heavy atom. The van der Waals surface area contributed by atoms with Gasteiger partial charge in [-0.2, -0.15) is 0 Å². The molecule has 0 aliphatic carbocycles. The van der Waals surface area contributed by atoms with E-state index in [0.29, 0.717) is 0 Å². The van der Waals surface area contributed by atoms with E-state index in [0.717, 1.165) is 0 Å². The molecule has 1 aromatic heterocycles. The highest BCUT2D eigenvalue weighted by molar-refractivity contribution is 6.29. The van der Waals surface area contributed by atoms with Crippen molar-refractivity contribution in [1.29, 1.82) is 0 Å². The van der Waals surface area contributed by atoms with Gasteiger partial charge in [-0.1, -0.05) is 11.6 Å². The van der Waals surface area contributed by atoms with Crippen molar-refractivity contribution in [3.8, 4) is 0 Å². The van der Waals surface area contributed by atoms with Crippen LogP contribution < -0.4 is 5.32 Å². The summed E-state index contributed by atoms with van der Waals surface area (Å²) in [7, 11) is 0. The highest BCUT2D eigenvalue weighted by Gasteiger charge is 2.22. The molecule has 0 spiro atoms. The fourth-order valence-electron chi connectivity index (χ4n) is 1.25. The Hall–Kier alpha value is -1.62. The molecule has 1 atom stereocenters. The summed E-state index contributed by atoms with van der Waals surface area (Å²) >= 11 is 5.62. The average molecular weight is 285 g/mol. The molecule has 0 aliphatic rings. The molecule has 0 unspecified atom stereocenters. The van der Waals surface area contributed by atoms with Gasteiger partial charge in [0.05, 0.1) is 5.56 Å². The topological polar surface area (TPSA) is 68.3 Å². The van der Waals surface area contributed by atoms with Crippen LogP contribution in [0.25, 0.3) is 0 Å². The maximum atomic E-state index is 11.8. The van der Waals surface area contributed by atoms with Crippen LogP contribution in [0.4, 0.5) is 0 Å². The van der Waals surface area contributed by atoms with E-state index in [4.69, 9.17) is 16.3 Å². The maximum absolute atomic E-state index is 11.8. The molecule has 1 heterocycles. The molecule has 0 aromatic carbocycles. The quantitative estimate of drug-likeness (QED) is 0.682. The van der Waals surface area contributed by atoms with Crippen LogP contribution in [0.15, 0.2) is 18.3 Å². The number of nitrogens with one attached hydrogen (secondary N) is 1. The zero-order valence-corrected chi connectivity index (χ0v) is 12.1. The van der Waals surface area contributed by atoms with Crippen molar-refractivity contribution >= 4 is 23.5 Å². The van der Waals surface area contributed by atoms with Crippen LogP contribution in [0.5, 0.6) is 0 Å². The van der Waals surface area contributed by atoms with Crippen LogP contribution in [0.1, 0.15) is 38.1 Å². The Morgan fingerprint density at radius 2 is 2.00 bits per heavy atom. The molecule has 6 heteroatoms. The summed E-state index contributed by atoms with van der Waals surface area (Å²) in [4.78, 5) is 27.3. The van der Waals surface area contributed by atoms with Crippen molar-refractivity contribution in [2.75, 3.05) is 0 Å². The smallest absolute Gasteiger partial charge is 0.340 e. The molecule has 0 fully saturated rings. The first-order valence-electron chi connectivity index (χ1n) is 5.83. The lowest BCUT2D eigenvalue weighted by Gasteiger charge is -2.23. The van der Waals surface area contributed by atoms with Gasteiger partial charge >= 0.3 is 5.97 Å². The lowest BCUT2D eigenvalue weighted by Crippen LogP contribution is -2.46. The number of ether oxygens (including phenoxy) is 1. The Labute approximate surface area is 117 Å². The normalized spacial score (nSPS) is 12.7. The molecule has 1 N–H and O–H groups in total. The largest absolute Gasteiger partial charge is 0.449 e. The van der Waals surface area contributed by atoms with E-state index in [9.17, 15) is 9.59 Å². The van der Waals surface area contributed by atoms with Gasteiger partial charge in [0.1, 0.15) is 5.15 Å². The van der Waals surface area contributed by atoms with Crippen molar-refractivity contribution in [3.63, 3.8) is 0 Å². The van der Waals surface area contributed by atoms with Gasteiger partial charge in [0.25, 0.3) is 5.91 Å². The number of aromatic nitrogens is 1. The second kappa shape index (κ2) is 6.02. The van der Waals surface area contributed by atoms with E-state index in [1.54, 1.807) is 0 Å². The first-order chi connectivity index (χ1) is 8.69. The maximum Gasteiger partial charge on any atom is 0.340 e. The van der Waals surface area contributed by atoms with E-state index < -0.39 is 12.1 Å². The van der Waals surface area contributed by atoms with Gasteiger partial charge in [-0.15, -0.1) is 0 Å². The first kappa shape index (κ1) is 15.4. The van der Waals surface area contributed by atoms with Crippen LogP contribution in [0.3, 0.4) is 0 Å². The molecule has 0 radical (unpaired) electrons. The minimum Gasteiger partial charge on any atom is -0.449 e. The van der Waals surface area contributed by atoms with E-state index in [-0.39, 0.29) is 22.2 Å². The molecule has 0 bridgehead atoms. The van der Waals surface area contributed by atoms with Gasteiger partial charge in [-0.05, 0) is 39.8 Å². The zero-order chi connectivity index (χ0) is 14.6. The molecular weight excluding hydrogens is 268 g/mol. The highest BCUT2D eigenvalue weighted by Crippen LogP contribution is 2.08. The van der Waals surface area contributed by atoms with Gasteiger partial charge < -0.3 is 10.1 Å². The fraction of sp³-hybridized carbons (Fsp3) is 0.462. The van der Waals surface area contributed by atoms with E-state index in [2.05, 4.69) is 10.3 Å². The second-order valence-corrected chi connectivity index (χ2v) is 5.54. The molecule has 5 nitrogen and oxygen atoms in total. The molecular formula is C13H17ClN2O3. The molecule has 19 heavy (non-hydrogen) atoms. The third-order valence-electron chi connectivity index (χ3n) is 2.11. The monoisotopic (exact) mass is 284 g/mol. The molecule has 0 saturated carbocycles. The van der Waals surface area contributed by atoms with Crippen LogP contribution in [-0.2, 0) is 9.53 Å². The lowest BCUT2D eigenvalue weighted by molar-refractivity contribution is -0.130. The standard InChI is InChI=1S/C13H17ClN2O3/c1-8(11(17)16-13(2,3)4)19-12(18)9-5-6-10(14)15-7-9/h5-8H,1-4H3,(H,16,17)/t8-/m1/s1. The minimum absolute atomic E-state index is 0.250. The van der Waals surface area contributed by atoms with E-state index in [1.807, 2.05) is 20.8 Å². The predicted molar refractivity (Wildman–Crippen MR) is 72.0 cm³/mol. The lowest BCUT2D eigenvalue weighted by atomic mass is 10.1. The summed E-state index contributed by atoms with van der Waals surface area (Å²) in [5, 5.41) is 3.02. The first-order valence-corrected chi connectivity index (χ1v) is 6.21. The van der Waals surface area contributed by atoms with Crippen LogP contribution in [0.2, 0.25) is 5.15 Å². The van der Waals surface area contributed by atoms with Crippen LogP contribution in [-0.4, -0.2) is 28.5 Å². The summed E-state index contributed by atoms with van der Waals surface area (Å²) < 4.78 is 5.05. The van der Waals surface area contributed by atoms with Gasteiger partial charge in [-0.25, -0.2) is 9.78 Å². The predicted octanol–water partition coefficient (Wildman–Crippen LogP) is 2.20. The molecule has 1 rings (SSSR count). The number of halogens is 1. The second-order valence-electron chi connectivity index (χ2n) is 5.16. The van der Waals surface area contributed by atoms with Crippen molar-refractivity contribution in [3.05, 3.63) is 29.0 Å². The van der Waals surface area contributed by atoms with Crippen molar-refractivity contribution in [2.24, 2.45) is 0 Å². The van der Waals surface area contributed by atoms with Gasteiger partial charge in [0.2, 0.25) is 0 Å². The van der Waals surface area contributed by atoms with E-state index >= 15 is 0 Å². The molecule has 1 aromatic rings.